The number of aromatic nitrogens is 2. The van der Waals surface area contributed by atoms with E-state index in [1.807, 2.05) is 32.0 Å². The van der Waals surface area contributed by atoms with E-state index in [0.717, 1.165) is 22.5 Å². The molecule has 0 atom stereocenters. The number of hydrogen-bond donors (Lipinski definition) is 3. The summed E-state index contributed by atoms with van der Waals surface area (Å²) in [5, 5.41) is 8.67. The van der Waals surface area contributed by atoms with Gasteiger partial charge in [-0.3, -0.25) is 9.59 Å². The highest BCUT2D eigenvalue weighted by molar-refractivity contribution is 6.03. The Bertz CT molecular complexity index is 1060. The number of aryl methyl sites for hydroxylation is 3. The number of carbonyl (C=O) groups is 2. The maximum absolute atomic E-state index is 12.6. The van der Waals surface area contributed by atoms with Crippen molar-refractivity contribution < 1.29 is 9.59 Å². The Morgan fingerprint density at radius 1 is 0.759 bits per heavy atom. The Labute approximate surface area is 169 Å². The van der Waals surface area contributed by atoms with Crippen molar-refractivity contribution in [2.45, 2.75) is 27.7 Å². The van der Waals surface area contributed by atoms with Gasteiger partial charge in [0.25, 0.3) is 5.91 Å². The van der Waals surface area contributed by atoms with Crippen molar-refractivity contribution in [2.24, 2.45) is 0 Å². The van der Waals surface area contributed by atoms with Gasteiger partial charge in [-0.15, -0.1) is 0 Å². The van der Waals surface area contributed by atoms with E-state index in [-0.39, 0.29) is 17.5 Å². The first kappa shape index (κ1) is 20.0. The highest BCUT2D eigenvalue weighted by atomic mass is 16.2. The third kappa shape index (κ3) is 5.38. The quantitative estimate of drug-likeness (QED) is 0.603. The average molecular weight is 389 g/mol. The van der Waals surface area contributed by atoms with E-state index in [4.69, 9.17) is 0 Å². The normalized spacial score (nSPS) is 10.3. The third-order valence-corrected chi connectivity index (χ3v) is 4.31. The lowest BCUT2D eigenvalue weighted by atomic mass is 10.1. The average Bonchev–Trinajstić information content (AvgIpc) is 2.65. The lowest BCUT2D eigenvalue weighted by molar-refractivity contribution is -0.114. The smallest absolute Gasteiger partial charge is 0.274 e. The number of nitrogens with zero attached hydrogens (tertiary/aromatic N) is 2. The molecule has 0 radical (unpaired) electrons. The van der Waals surface area contributed by atoms with E-state index < -0.39 is 0 Å². The van der Waals surface area contributed by atoms with Gasteiger partial charge in [-0.25, -0.2) is 9.97 Å². The molecular weight excluding hydrogens is 366 g/mol. The van der Waals surface area contributed by atoms with Crippen LogP contribution in [0.5, 0.6) is 0 Å². The zero-order valence-electron chi connectivity index (χ0n) is 16.8. The third-order valence-electron chi connectivity index (χ3n) is 4.31. The fraction of sp³-hybridized carbons (Fsp3) is 0.182. The summed E-state index contributed by atoms with van der Waals surface area (Å²) in [7, 11) is 0. The molecule has 2 aromatic carbocycles. The number of rotatable bonds is 5. The maximum atomic E-state index is 12.6. The van der Waals surface area contributed by atoms with Crippen molar-refractivity contribution in [1.29, 1.82) is 0 Å². The highest BCUT2D eigenvalue weighted by Gasteiger charge is 2.12. The Kier molecular flexibility index (Phi) is 5.87. The summed E-state index contributed by atoms with van der Waals surface area (Å²) in [5.41, 5.74) is 5.36. The molecule has 29 heavy (non-hydrogen) atoms. The molecule has 0 aliphatic rings. The van der Waals surface area contributed by atoms with Crippen LogP contribution in [0, 0.1) is 20.8 Å². The minimum absolute atomic E-state index is 0.132. The first-order chi connectivity index (χ1) is 13.8. The molecule has 7 nitrogen and oxygen atoms in total. The van der Waals surface area contributed by atoms with Crippen LogP contribution in [0.15, 0.2) is 48.5 Å². The first-order valence-corrected chi connectivity index (χ1v) is 9.19. The molecule has 0 unspecified atom stereocenters. The van der Waals surface area contributed by atoms with Crippen LogP contribution in [0.25, 0.3) is 0 Å². The minimum Gasteiger partial charge on any atom is -0.326 e. The van der Waals surface area contributed by atoms with Crippen molar-refractivity contribution in [2.75, 3.05) is 16.0 Å². The molecule has 0 aliphatic heterocycles. The van der Waals surface area contributed by atoms with Gasteiger partial charge in [0, 0.05) is 29.7 Å². The second kappa shape index (κ2) is 8.52. The largest absolute Gasteiger partial charge is 0.326 e. The van der Waals surface area contributed by atoms with Crippen molar-refractivity contribution in [3.8, 4) is 0 Å². The van der Waals surface area contributed by atoms with Crippen LogP contribution in [-0.4, -0.2) is 21.8 Å². The zero-order valence-corrected chi connectivity index (χ0v) is 16.8. The number of carbonyl (C=O) groups excluding carboxylic acids is 2. The molecule has 7 heteroatoms. The van der Waals surface area contributed by atoms with E-state index in [0.29, 0.717) is 17.3 Å². The summed E-state index contributed by atoms with van der Waals surface area (Å²) in [6, 6.07) is 14.5. The molecule has 0 saturated heterocycles. The van der Waals surface area contributed by atoms with Crippen LogP contribution in [0.3, 0.4) is 0 Å². The van der Waals surface area contributed by atoms with Crippen LogP contribution in [-0.2, 0) is 4.79 Å². The predicted molar refractivity (Wildman–Crippen MR) is 115 cm³/mol. The van der Waals surface area contributed by atoms with Crippen LogP contribution < -0.4 is 16.0 Å². The molecule has 3 aromatic rings. The molecule has 0 spiro atoms. The highest BCUT2D eigenvalue weighted by Crippen LogP contribution is 2.19. The summed E-state index contributed by atoms with van der Waals surface area (Å²) in [5.74, 6) is -0.113. The Balaban J connectivity index is 1.75. The van der Waals surface area contributed by atoms with Gasteiger partial charge in [0.2, 0.25) is 11.9 Å². The predicted octanol–water partition coefficient (Wildman–Crippen LogP) is 4.36. The fourth-order valence-electron chi connectivity index (χ4n) is 2.72. The van der Waals surface area contributed by atoms with Gasteiger partial charge in [0.1, 0.15) is 5.69 Å². The van der Waals surface area contributed by atoms with Crippen molar-refractivity contribution in [1.82, 2.24) is 9.97 Å². The first-order valence-electron chi connectivity index (χ1n) is 9.19. The molecule has 3 N–H and O–H groups in total. The van der Waals surface area contributed by atoms with Gasteiger partial charge in [0.05, 0.1) is 0 Å². The Morgan fingerprint density at radius 2 is 1.41 bits per heavy atom. The van der Waals surface area contributed by atoms with Crippen molar-refractivity contribution in [3.05, 3.63) is 71.0 Å². The van der Waals surface area contributed by atoms with Gasteiger partial charge >= 0.3 is 0 Å². The molecule has 1 heterocycles. The second-order valence-electron chi connectivity index (χ2n) is 6.85. The van der Waals surface area contributed by atoms with E-state index in [9.17, 15) is 9.59 Å². The van der Waals surface area contributed by atoms with Gasteiger partial charge in [-0.1, -0.05) is 6.07 Å². The van der Waals surface area contributed by atoms with E-state index in [2.05, 4.69) is 25.9 Å². The monoisotopic (exact) mass is 389 g/mol. The molecule has 2 amide bonds. The lowest BCUT2D eigenvalue weighted by Crippen LogP contribution is -2.15. The van der Waals surface area contributed by atoms with Gasteiger partial charge < -0.3 is 16.0 Å². The van der Waals surface area contributed by atoms with Gasteiger partial charge in [-0.05, 0) is 74.4 Å². The van der Waals surface area contributed by atoms with Gasteiger partial charge in [-0.2, -0.15) is 0 Å². The summed E-state index contributed by atoms with van der Waals surface area (Å²) < 4.78 is 0. The molecule has 0 saturated carbocycles. The zero-order chi connectivity index (χ0) is 21.0. The molecule has 1 aromatic heterocycles. The van der Waals surface area contributed by atoms with Crippen LogP contribution in [0.4, 0.5) is 23.0 Å². The van der Waals surface area contributed by atoms with Crippen LogP contribution in [0.2, 0.25) is 0 Å². The fourth-order valence-corrected chi connectivity index (χ4v) is 2.72. The number of hydrogen-bond acceptors (Lipinski definition) is 5. The molecular formula is C22H23N5O2. The number of anilines is 4. The maximum Gasteiger partial charge on any atom is 0.274 e. The molecule has 0 bridgehead atoms. The van der Waals surface area contributed by atoms with Gasteiger partial charge in [0.15, 0.2) is 0 Å². The molecule has 0 aliphatic carbocycles. The van der Waals surface area contributed by atoms with E-state index >= 15 is 0 Å². The van der Waals surface area contributed by atoms with E-state index in [1.165, 1.54) is 6.92 Å². The van der Waals surface area contributed by atoms with Crippen LogP contribution >= 0.6 is 0 Å². The Hall–Kier alpha value is -3.74. The molecule has 0 fully saturated rings. The number of benzene rings is 2. The summed E-state index contributed by atoms with van der Waals surface area (Å²) in [6.45, 7) is 7.28. The van der Waals surface area contributed by atoms with Crippen LogP contribution in [0.1, 0.15) is 34.2 Å². The second-order valence-corrected chi connectivity index (χ2v) is 6.85. The number of amides is 2. The minimum atomic E-state index is -0.303. The lowest BCUT2D eigenvalue weighted by Gasteiger charge is -2.10. The summed E-state index contributed by atoms with van der Waals surface area (Å²) in [4.78, 5) is 32.4. The standard InChI is InChI=1S/C22H23N5O2/c1-13-5-6-19(11-14(13)2)25-21(29)20-12-15(3)23-22(27-20)26-18-9-7-17(8-10-18)24-16(4)28/h5-12H,1-4H3,(H,24,28)(H,25,29)(H,23,26,27). The van der Waals surface area contributed by atoms with Crippen molar-refractivity contribution >= 4 is 34.8 Å². The number of nitrogens with one attached hydrogen (secondary N) is 3. The Morgan fingerprint density at radius 3 is 2.07 bits per heavy atom. The molecule has 3 rings (SSSR count). The summed E-state index contributed by atoms with van der Waals surface area (Å²) >= 11 is 0. The topological polar surface area (TPSA) is 96.0 Å². The van der Waals surface area contributed by atoms with Crippen molar-refractivity contribution in [3.63, 3.8) is 0 Å². The SMILES string of the molecule is CC(=O)Nc1ccc(Nc2nc(C)cc(C(=O)Nc3ccc(C)c(C)c3)n2)cc1. The summed E-state index contributed by atoms with van der Waals surface area (Å²) in [6.07, 6.45) is 0. The van der Waals surface area contributed by atoms with E-state index in [1.54, 1.807) is 37.3 Å². The molecule has 148 valence electrons.